The van der Waals surface area contributed by atoms with E-state index in [0.29, 0.717) is 6.29 Å². The van der Waals surface area contributed by atoms with Crippen LogP contribution in [0.5, 0.6) is 0 Å². The first-order valence-electron chi connectivity index (χ1n) is 18.0. The average molecular weight is 786 g/mol. The van der Waals surface area contributed by atoms with E-state index in [2.05, 4.69) is 10.6 Å². The van der Waals surface area contributed by atoms with Crippen molar-refractivity contribution in [3.63, 3.8) is 0 Å². The van der Waals surface area contributed by atoms with E-state index in [1.54, 1.807) is 47.3 Å². The summed E-state index contributed by atoms with van der Waals surface area (Å²) in [5, 5.41) is 44.2. The molecule has 1 heterocycles. The van der Waals surface area contributed by atoms with Gasteiger partial charge in [0.2, 0.25) is 17.7 Å². The van der Waals surface area contributed by atoms with Gasteiger partial charge in [0.15, 0.2) is 0 Å². The van der Waals surface area contributed by atoms with Gasteiger partial charge >= 0.3 is 23.9 Å². The fourth-order valence-electron chi connectivity index (χ4n) is 5.78. The predicted molar refractivity (Wildman–Crippen MR) is 197 cm³/mol. The zero-order valence-corrected chi connectivity index (χ0v) is 32.5. The second-order valence-corrected chi connectivity index (χ2v) is 14.8. The van der Waals surface area contributed by atoms with Crippen LogP contribution in [0.15, 0.2) is 12.2 Å². The van der Waals surface area contributed by atoms with Crippen molar-refractivity contribution in [3.8, 4) is 0 Å². The molecule has 0 aromatic heterocycles. The van der Waals surface area contributed by atoms with Gasteiger partial charge in [-0.3, -0.25) is 58.0 Å². The van der Waals surface area contributed by atoms with Gasteiger partial charge in [-0.25, -0.2) is 0 Å². The second-order valence-electron chi connectivity index (χ2n) is 14.8. The minimum absolute atomic E-state index is 0.0193. The standard InChI is InChI=1S/C35H59N7O13/c1-34(2,24-55-25-35(3,4)37-28(45)10-11-38(5)29(46)7-6-20-43)36-27(44)9-8-26(33(53)54)42-18-16-40(22-31(49)50)14-12-39(21-30(47)48)13-15-41(17-19-42)23-32(51)52/h6-7,20,26H,8-19,21-25H2,1-5H3,(H,36,44)(H,37,45)(H,47,48)(H,49,50)(H,51,52)(H,53,54)/b7-6-. The first-order chi connectivity index (χ1) is 25.6. The maximum absolute atomic E-state index is 13.1. The first-order valence-corrected chi connectivity index (χ1v) is 18.0. The molecule has 0 aromatic rings. The fraction of sp³-hybridized carbons (Fsp3) is 0.714. The van der Waals surface area contributed by atoms with Gasteiger partial charge in [0.25, 0.3) is 0 Å². The van der Waals surface area contributed by atoms with Crippen molar-refractivity contribution in [1.29, 1.82) is 0 Å². The Kier molecular flexibility index (Phi) is 21.3. The van der Waals surface area contributed by atoms with Crippen molar-refractivity contribution in [1.82, 2.24) is 35.1 Å². The highest BCUT2D eigenvalue weighted by atomic mass is 16.5. The van der Waals surface area contributed by atoms with E-state index >= 15 is 0 Å². The summed E-state index contributed by atoms with van der Waals surface area (Å²) in [6.45, 7) is 7.34. The molecule has 3 amide bonds. The molecule has 6 N–H and O–H groups in total. The molecule has 55 heavy (non-hydrogen) atoms. The van der Waals surface area contributed by atoms with E-state index < -0.39 is 52.8 Å². The zero-order chi connectivity index (χ0) is 41.8. The van der Waals surface area contributed by atoms with Crippen LogP contribution in [-0.4, -0.2) is 209 Å². The third-order valence-corrected chi connectivity index (χ3v) is 8.57. The number of nitrogens with one attached hydrogen (secondary N) is 2. The molecule has 0 spiro atoms. The summed E-state index contributed by atoms with van der Waals surface area (Å²) in [6.07, 6.45) is 2.40. The van der Waals surface area contributed by atoms with Gasteiger partial charge in [-0.1, -0.05) is 0 Å². The van der Waals surface area contributed by atoms with E-state index in [0.717, 1.165) is 12.2 Å². The molecule has 0 aliphatic carbocycles. The van der Waals surface area contributed by atoms with E-state index in [1.165, 1.54) is 11.9 Å². The van der Waals surface area contributed by atoms with Gasteiger partial charge in [0.05, 0.1) is 43.9 Å². The normalized spacial score (nSPS) is 16.7. The number of rotatable bonds is 22. The number of amides is 3. The van der Waals surface area contributed by atoms with Gasteiger partial charge in [-0.15, -0.1) is 0 Å². The molecular weight excluding hydrogens is 726 g/mol. The summed E-state index contributed by atoms with van der Waals surface area (Å²) in [7, 11) is 1.51. The van der Waals surface area contributed by atoms with E-state index in [1.807, 2.05) is 0 Å². The molecule has 0 aromatic carbocycles. The van der Waals surface area contributed by atoms with Gasteiger partial charge in [0.1, 0.15) is 12.3 Å². The molecule has 20 heteroatoms. The van der Waals surface area contributed by atoms with Crippen LogP contribution in [0.25, 0.3) is 0 Å². The van der Waals surface area contributed by atoms with E-state index in [9.17, 15) is 58.8 Å². The van der Waals surface area contributed by atoms with Gasteiger partial charge < -0.3 is 40.7 Å². The highest BCUT2D eigenvalue weighted by Crippen LogP contribution is 2.13. The zero-order valence-electron chi connectivity index (χ0n) is 32.5. The maximum atomic E-state index is 13.1. The van der Waals surface area contributed by atoms with Crippen molar-refractivity contribution in [2.45, 2.75) is 64.1 Å². The number of hydrogen-bond donors (Lipinski definition) is 6. The van der Waals surface area contributed by atoms with Gasteiger partial charge in [-0.2, -0.15) is 0 Å². The van der Waals surface area contributed by atoms with Crippen molar-refractivity contribution in [2.75, 3.05) is 98.8 Å². The van der Waals surface area contributed by atoms with E-state index in [4.69, 9.17) is 4.74 Å². The molecule has 1 aliphatic rings. The van der Waals surface area contributed by atoms with Crippen LogP contribution in [0.3, 0.4) is 0 Å². The summed E-state index contributed by atoms with van der Waals surface area (Å²) in [6, 6.07) is -1.16. The molecule has 20 nitrogen and oxygen atoms in total. The molecular formula is C35H59N7O13. The minimum Gasteiger partial charge on any atom is -0.480 e. The lowest BCUT2D eigenvalue weighted by Gasteiger charge is -2.35. The van der Waals surface area contributed by atoms with Crippen LogP contribution in [0, 0.1) is 0 Å². The topological polar surface area (TPSA) is 267 Å². The predicted octanol–water partition coefficient (Wildman–Crippen LogP) is -1.90. The summed E-state index contributed by atoms with van der Waals surface area (Å²) < 4.78 is 5.84. The molecule has 1 aliphatic heterocycles. The Hall–Kier alpha value is -4.50. The Labute approximate surface area is 321 Å². The van der Waals surface area contributed by atoms with Crippen molar-refractivity contribution >= 4 is 47.9 Å². The minimum atomic E-state index is -1.21. The number of aldehydes is 1. The maximum Gasteiger partial charge on any atom is 0.320 e. The van der Waals surface area contributed by atoms with Crippen LogP contribution in [0.1, 0.15) is 47.0 Å². The number of carboxylic acid groups (broad SMARTS) is 4. The van der Waals surface area contributed by atoms with Crippen molar-refractivity contribution in [2.24, 2.45) is 0 Å². The third kappa shape index (κ3) is 21.8. The number of carboxylic acids is 4. The highest BCUT2D eigenvalue weighted by Gasteiger charge is 2.30. The number of aliphatic carboxylic acids is 4. The van der Waals surface area contributed by atoms with Crippen molar-refractivity contribution < 1.29 is 63.5 Å². The Morgan fingerprint density at radius 2 is 1.09 bits per heavy atom. The van der Waals surface area contributed by atoms with Crippen LogP contribution in [0.2, 0.25) is 0 Å². The number of nitrogens with zero attached hydrogens (tertiary/aromatic N) is 5. The second kappa shape index (κ2) is 24.1. The molecule has 1 unspecified atom stereocenters. The van der Waals surface area contributed by atoms with Crippen LogP contribution >= 0.6 is 0 Å². The lowest BCUT2D eigenvalue weighted by molar-refractivity contribution is -0.145. The number of hydrogen-bond acceptors (Lipinski definition) is 13. The summed E-state index contributed by atoms with van der Waals surface area (Å²) >= 11 is 0. The number of ether oxygens (including phenoxy) is 1. The number of likely N-dealkylation sites (N-methyl/N-ethyl adjacent to an activating group) is 1. The Morgan fingerprint density at radius 3 is 1.47 bits per heavy atom. The monoisotopic (exact) mass is 785 g/mol. The Bertz CT molecular complexity index is 1330. The number of carbonyl (C=O) groups excluding carboxylic acids is 4. The Morgan fingerprint density at radius 1 is 0.691 bits per heavy atom. The van der Waals surface area contributed by atoms with Crippen LogP contribution < -0.4 is 10.6 Å². The molecule has 1 saturated heterocycles. The van der Waals surface area contributed by atoms with Crippen LogP contribution in [0.4, 0.5) is 0 Å². The molecule has 0 saturated carbocycles. The molecule has 0 radical (unpaired) electrons. The SMILES string of the molecule is CN(CCC(=O)NC(C)(C)COCC(C)(C)NC(=O)CCC(C(=O)O)N1CCN(CC(=O)O)CCN(CC(=O)O)CCN(CC(=O)O)CC1)C(=O)/C=C\C=O. The fourth-order valence-corrected chi connectivity index (χ4v) is 5.78. The number of allylic oxidation sites excluding steroid dienone is 1. The molecule has 1 fully saturated rings. The summed E-state index contributed by atoms with van der Waals surface area (Å²) in [5.74, 6) is -5.69. The molecule has 0 bridgehead atoms. The third-order valence-electron chi connectivity index (χ3n) is 8.57. The summed E-state index contributed by atoms with van der Waals surface area (Å²) in [4.78, 5) is 103. The highest BCUT2D eigenvalue weighted by molar-refractivity contribution is 5.91. The lowest BCUT2D eigenvalue weighted by atomic mass is 10.0. The van der Waals surface area contributed by atoms with Crippen molar-refractivity contribution in [3.05, 3.63) is 12.2 Å². The first kappa shape index (κ1) is 48.5. The molecule has 312 valence electrons. The van der Waals surface area contributed by atoms with Gasteiger partial charge in [0, 0.05) is 84.9 Å². The Balaban J connectivity index is 2.87. The lowest BCUT2D eigenvalue weighted by Crippen LogP contribution is -2.52. The van der Waals surface area contributed by atoms with Crippen LogP contribution in [-0.2, 0) is 43.1 Å². The average Bonchev–Trinajstić information content (AvgIpc) is 3.05. The molecule has 1 rings (SSSR count). The number of carbonyl (C=O) groups is 8. The molecule has 1 atom stereocenters. The quantitative estimate of drug-likeness (QED) is 0.0517. The smallest absolute Gasteiger partial charge is 0.320 e. The largest absolute Gasteiger partial charge is 0.480 e. The van der Waals surface area contributed by atoms with E-state index in [-0.39, 0.29) is 117 Å². The summed E-state index contributed by atoms with van der Waals surface area (Å²) in [5.41, 5.74) is -1.68. The van der Waals surface area contributed by atoms with Gasteiger partial charge in [-0.05, 0) is 40.2 Å².